The third kappa shape index (κ3) is 4.76. The Morgan fingerprint density at radius 2 is 1.57 bits per heavy atom. The van der Waals surface area contributed by atoms with Gasteiger partial charge in [0.05, 0.1) is 18.7 Å². The topological polar surface area (TPSA) is 66.8 Å². The molecule has 192 valence electrons. The molecule has 1 unspecified atom stereocenters. The number of ether oxygens (including phenoxy) is 1. The van der Waals surface area contributed by atoms with Gasteiger partial charge >= 0.3 is 0 Å². The molecular weight excluding hydrogens is 486 g/mol. The lowest BCUT2D eigenvalue weighted by atomic mass is 9.85. The van der Waals surface area contributed by atoms with Crippen LogP contribution in [0.5, 0.6) is 5.75 Å². The lowest BCUT2D eigenvalue weighted by Gasteiger charge is -2.28. The second kappa shape index (κ2) is 9.71. The minimum atomic E-state index is -0.810. The normalized spacial score (nSPS) is 17.4. The number of carbonyl (C=O) groups excluding carboxylic acids is 2. The van der Waals surface area contributed by atoms with Gasteiger partial charge in [-0.3, -0.25) is 14.5 Å². The number of aliphatic hydroxyl groups is 1. The highest BCUT2D eigenvalue weighted by atomic mass is 35.5. The van der Waals surface area contributed by atoms with Crippen LogP contribution in [0, 0.1) is 20.8 Å². The Morgan fingerprint density at radius 3 is 2.14 bits per heavy atom. The predicted molar refractivity (Wildman–Crippen MR) is 149 cm³/mol. The zero-order valence-electron chi connectivity index (χ0n) is 22.3. The van der Waals surface area contributed by atoms with Crippen LogP contribution in [-0.4, -0.2) is 23.9 Å². The summed E-state index contributed by atoms with van der Waals surface area (Å²) in [6.07, 6.45) is 0. The summed E-state index contributed by atoms with van der Waals surface area (Å²) >= 11 is 6.19. The van der Waals surface area contributed by atoms with Crippen molar-refractivity contribution in [3.8, 4) is 5.75 Å². The lowest BCUT2D eigenvalue weighted by molar-refractivity contribution is -0.132. The van der Waals surface area contributed by atoms with Crippen LogP contribution in [0.4, 0.5) is 5.69 Å². The molecule has 0 aromatic heterocycles. The molecule has 0 saturated carbocycles. The van der Waals surface area contributed by atoms with E-state index in [1.165, 1.54) is 4.90 Å². The van der Waals surface area contributed by atoms with Crippen molar-refractivity contribution in [2.45, 2.75) is 53.0 Å². The van der Waals surface area contributed by atoms with Gasteiger partial charge in [0.25, 0.3) is 11.7 Å². The highest BCUT2D eigenvalue weighted by Gasteiger charge is 2.47. The Labute approximate surface area is 223 Å². The SMILES string of the molecule is COc1cc(C)c(/C(O)=C2\C(=O)C(=O)N(c3ccc(Cl)cc3C)C2c2ccc(C(C)(C)C)cc2)cc1C. The maximum Gasteiger partial charge on any atom is 0.300 e. The summed E-state index contributed by atoms with van der Waals surface area (Å²) in [4.78, 5) is 28.6. The molecule has 37 heavy (non-hydrogen) atoms. The molecule has 1 heterocycles. The molecule has 3 aromatic carbocycles. The van der Waals surface area contributed by atoms with E-state index < -0.39 is 17.7 Å². The minimum absolute atomic E-state index is 0.0514. The van der Waals surface area contributed by atoms with Gasteiger partial charge in [-0.1, -0.05) is 56.6 Å². The summed E-state index contributed by atoms with van der Waals surface area (Å²) in [5, 5.41) is 12.1. The van der Waals surface area contributed by atoms with Crippen molar-refractivity contribution in [2.24, 2.45) is 0 Å². The first kappa shape index (κ1) is 26.5. The zero-order valence-corrected chi connectivity index (χ0v) is 23.0. The third-order valence-electron chi connectivity index (χ3n) is 6.95. The summed E-state index contributed by atoms with van der Waals surface area (Å²) in [6.45, 7) is 11.9. The van der Waals surface area contributed by atoms with Gasteiger partial charge in [-0.15, -0.1) is 0 Å². The van der Waals surface area contributed by atoms with Gasteiger partial charge in [0.1, 0.15) is 11.5 Å². The molecule has 0 bridgehead atoms. The number of ketones is 1. The average molecular weight is 518 g/mol. The van der Waals surface area contributed by atoms with Crippen molar-refractivity contribution < 1.29 is 19.4 Å². The molecule has 1 fully saturated rings. The standard InChI is InChI=1S/C31H32ClNO4/c1-17-16-25(37-7)19(3)15-23(17)28(34)26-27(20-8-10-21(11-9-20)31(4,5)6)33(30(36)29(26)35)24-13-12-22(32)14-18(24)2/h8-16,27,34H,1-7H3/b28-26+. The number of nitrogens with zero attached hydrogens (tertiary/aromatic N) is 1. The van der Waals surface area contributed by atoms with Crippen LogP contribution in [0.2, 0.25) is 5.02 Å². The van der Waals surface area contributed by atoms with Gasteiger partial charge in [-0.05, 0) is 84.3 Å². The van der Waals surface area contributed by atoms with Crippen LogP contribution < -0.4 is 9.64 Å². The van der Waals surface area contributed by atoms with Crippen LogP contribution in [0.15, 0.2) is 60.2 Å². The van der Waals surface area contributed by atoms with E-state index in [4.69, 9.17) is 16.3 Å². The summed E-state index contributed by atoms with van der Waals surface area (Å²) in [5.74, 6) is -0.953. The second-order valence-corrected chi connectivity index (χ2v) is 11.0. The van der Waals surface area contributed by atoms with Crippen molar-refractivity contribution in [3.05, 3.63) is 98.6 Å². The number of amides is 1. The quantitative estimate of drug-likeness (QED) is 0.226. The first-order valence-electron chi connectivity index (χ1n) is 12.2. The maximum atomic E-state index is 13.6. The number of aryl methyl sites for hydroxylation is 3. The highest BCUT2D eigenvalue weighted by Crippen LogP contribution is 2.44. The summed E-state index contributed by atoms with van der Waals surface area (Å²) in [7, 11) is 1.59. The number of aliphatic hydroxyl groups excluding tert-OH is 1. The smallest absolute Gasteiger partial charge is 0.300 e. The van der Waals surface area contributed by atoms with E-state index in [0.717, 1.165) is 27.8 Å². The number of rotatable bonds is 4. The second-order valence-electron chi connectivity index (χ2n) is 10.6. The number of benzene rings is 3. The number of anilines is 1. The van der Waals surface area contributed by atoms with Gasteiger partial charge in [0.2, 0.25) is 0 Å². The molecule has 4 rings (SSSR count). The Kier molecular flexibility index (Phi) is 6.95. The van der Waals surface area contributed by atoms with Crippen LogP contribution in [-0.2, 0) is 15.0 Å². The minimum Gasteiger partial charge on any atom is -0.507 e. The summed E-state index contributed by atoms with van der Waals surface area (Å²) in [5.41, 5.74) is 5.18. The Morgan fingerprint density at radius 1 is 0.919 bits per heavy atom. The zero-order chi connectivity index (χ0) is 27.2. The maximum absolute atomic E-state index is 13.6. The van der Waals surface area contributed by atoms with Crippen LogP contribution in [0.3, 0.4) is 0 Å². The molecule has 0 spiro atoms. The van der Waals surface area contributed by atoms with E-state index in [1.807, 2.05) is 51.1 Å². The van der Waals surface area contributed by atoms with Crippen LogP contribution >= 0.6 is 11.6 Å². The number of Topliss-reactive ketones (excluding diaryl/α,β-unsaturated/α-hetero) is 1. The molecule has 1 aliphatic heterocycles. The molecule has 5 nitrogen and oxygen atoms in total. The van der Waals surface area contributed by atoms with Crippen molar-refractivity contribution in [3.63, 3.8) is 0 Å². The van der Waals surface area contributed by atoms with E-state index in [0.29, 0.717) is 22.0 Å². The van der Waals surface area contributed by atoms with Crippen molar-refractivity contribution in [1.29, 1.82) is 0 Å². The molecule has 1 aliphatic rings. The molecule has 1 amide bonds. The predicted octanol–water partition coefficient (Wildman–Crippen LogP) is 7.20. The molecular formula is C31H32ClNO4. The highest BCUT2D eigenvalue weighted by molar-refractivity contribution is 6.51. The first-order chi connectivity index (χ1) is 17.3. The number of methoxy groups -OCH3 is 1. The monoisotopic (exact) mass is 517 g/mol. The fourth-order valence-electron chi connectivity index (χ4n) is 4.86. The van der Waals surface area contributed by atoms with Crippen LogP contribution in [0.1, 0.15) is 60.2 Å². The Balaban J connectivity index is 1.98. The fourth-order valence-corrected chi connectivity index (χ4v) is 5.09. The van der Waals surface area contributed by atoms with Gasteiger partial charge in [0, 0.05) is 16.3 Å². The number of halogens is 1. The average Bonchev–Trinajstić information content (AvgIpc) is 3.09. The van der Waals surface area contributed by atoms with Gasteiger partial charge in [-0.2, -0.15) is 0 Å². The van der Waals surface area contributed by atoms with E-state index >= 15 is 0 Å². The molecule has 1 saturated heterocycles. The van der Waals surface area contributed by atoms with E-state index in [2.05, 4.69) is 20.8 Å². The molecule has 3 aromatic rings. The van der Waals surface area contributed by atoms with Gasteiger partial charge in [0.15, 0.2) is 0 Å². The number of carbonyl (C=O) groups is 2. The largest absolute Gasteiger partial charge is 0.507 e. The number of hydrogen-bond acceptors (Lipinski definition) is 4. The number of hydrogen-bond donors (Lipinski definition) is 1. The van der Waals surface area contributed by atoms with E-state index in [1.54, 1.807) is 31.4 Å². The van der Waals surface area contributed by atoms with E-state index in [9.17, 15) is 14.7 Å². The summed E-state index contributed by atoms with van der Waals surface area (Å²) in [6, 6.07) is 15.8. The molecule has 0 aliphatic carbocycles. The van der Waals surface area contributed by atoms with Crippen LogP contribution in [0.25, 0.3) is 5.76 Å². The fraction of sp³-hybridized carbons (Fsp3) is 0.290. The van der Waals surface area contributed by atoms with E-state index in [-0.39, 0.29) is 16.7 Å². The third-order valence-corrected chi connectivity index (χ3v) is 7.19. The molecule has 6 heteroatoms. The Hall–Kier alpha value is -3.57. The van der Waals surface area contributed by atoms with Gasteiger partial charge in [-0.25, -0.2) is 0 Å². The van der Waals surface area contributed by atoms with Gasteiger partial charge < -0.3 is 9.84 Å². The first-order valence-corrected chi connectivity index (χ1v) is 12.6. The van der Waals surface area contributed by atoms with Crippen molar-refractivity contribution >= 4 is 34.7 Å². The lowest BCUT2D eigenvalue weighted by Crippen LogP contribution is -2.30. The molecule has 0 radical (unpaired) electrons. The Bertz CT molecular complexity index is 1430. The summed E-state index contributed by atoms with van der Waals surface area (Å²) < 4.78 is 5.41. The molecule has 1 N–H and O–H groups in total. The van der Waals surface area contributed by atoms with Crippen molar-refractivity contribution in [1.82, 2.24) is 0 Å². The molecule has 1 atom stereocenters. The van der Waals surface area contributed by atoms with Crippen molar-refractivity contribution in [2.75, 3.05) is 12.0 Å².